The minimum atomic E-state index is -0.820. The largest absolute Gasteiger partial charge is 0.328 e. The first-order valence-corrected chi connectivity index (χ1v) is 8.42. The molecule has 0 spiro atoms. The Balaban J connectivity index is 1.72. The number of carbonyl (C=O) groups is 3. The molecule has 0 aliphatic carbocycles. The number of barbiturate groups is 1. The maximum Gasteiger partial charge on any atom is 0.328 e. The van der Waals surface area contributed by atoms with Gasteiger partial charge in [0.25, 0.3) is 11.8 Å². The molecule has 3 rings (SSSR count). The van der Waals surface area contributed by atoms with Crippen molar-refractivity contribution in [2.24, 2.45) is 10.2 Å². The lowest BCUT2D eigenvalue weighted by Gasteiger charge is -2.13. The highest BCUT2D eigenvalue weighted by Crippen LogP contribution is 2.22. The van der Waals surface area contributed by atoms with Gasteiger partial charge >= 0.3 is 6.03 Å². The van der Waals surface area contributed by atoms with E-state index in [-0.39, 0.29) is 5.57 Å². The average molecular weight is 362 g/mol. The summed E-state index contributed by atoms with van der Waals surface area (Å²) in [5, 5.41) is 12.4. The third kappa shape index (κ3) is 4.52. The van der Waals surface area contributed by atoms with Crippen LogP contribution in [0.15, 0.2) is 64.3 Å². The fourth-order valence-electron chi connectivity index (χ4n) is 2.45. The molecule has 1 heterocycles. The number of urea groups is 1. The molecular formula is C20H18N4O3. The van der Waals surface area contributed by atoms with Crippen LogP contribution >= 0.6 is 0 Å². The first-order chi connectivity index (χ1) is 12.9. The van der Waals surface area contributed by atoms with E-state index in [4.69, 9.17) is 0 Å². The fourth-order valence-corrected chi connectivity index (χ4v) is 2.45. The molecule has 0 saturated carbocycles. The first kappa shape index (κ1) is 18.2. The molecular weight excluding hydrogens is 344 g/mol. The van der Waals surface area contributed by atoms with Gasteiger partial charge in [-0.15, -0.1) is 0 Å². The summed E-state index contributed by atoms with van der Waals surface area (Å²) < 4.78 is 0. The Labute approximate surface area is 156 Å². The second-order valence-corrected chi connectivity index (χ2v) is 6.33. The van der Waals surface area contributed by atoms with Crippen LogP contribution in [0, 0.1) is 0 Å². The molecule has 7 heteroatoms. The topological polar surface area (TPSA) is 100.0 Å². The number of benzene rings is 2. The lowest BCUT2D eigenvalue weighted by Crippen LogP contribution is -2.51. The van der Waals surface area contributed by atoms with Gasteiger partial charge in [0.15, 0.2) is 0 Å². The summed E-state index contributed by atoms with van der Waals surface area (Å²) in [5.41, 5.74) is 3.13. The number of rotatable bonds is 4. The van der Waals surface area contributed by atoms with Crippen LogP contribution in [0.3, 0.4) is 0 Å². The van der Waals surface area contributed by atoms with Gasteiger partial charge in [-0.1, -0.05) is 38.1 Å². The molecule has 2 aromatic carbocycles. The van der Waals surface area contributed by atoms with Crippen molar-refractivity contribution in [2.75, 3.05) is 0 Å². The Morgan fingerprint density at radius 1 is 0.778 bits per heavy atom. The second-order valence-electron chi connectivity index (χ2n) is 6.33. The van der Waals surface area contributed by atoms with E-state index in [2.05, 4.69) is 24.1 Å². The standard InChI is InChI=1S/C20H18N4O3/c1-12(2)14-5-9-16(10-6-14)24-23-15-7-3-13(4-8-15)11-17-18(25)21-20(27)22-19(17)26/h3-12H,1-2H3,(H2,21,22,25,26,27). The molecule has 1 saturated heterocycles. The zero-order chi connectivity index (χ0) is 19.4. The van der Waals surface area contributed by atoms with E-state index in [1.54, 1.807) is 24.3 Å². The SMILES string of the molecule is CC(C)c1ccc(N=Nc2ccc(C=C3C(=O)NC(=O)NC3=O)cc2)cc1. The van der Waals surface area contributed by atoms with Crippen LogP contribution in [-0.4, -0.2) is 17.8 Å². The molecule has 0 atom stereocenters. The Morgan fingerprint density at radius 2 is 1.26 bits per heavy atom. The van der Waals surface area contributed by atoms with Crippen molar-refractivity contribution in [3.63, 3.8) is 0 Å². The van der Waals surface area contributed by atoms with E-state index >= 15 is 0 Å². The van der Waals surface area contributed by atoms with Crippen molar-refractivity contribution in [3.8, 4) is 0 Å². The smallest absolute Gasteiger partial charge is 0.273 e. The van der Waals surface area contributed by atoms with E-state index in [0.717, 1.165) is 5.69 Å². The lowest BCUT2D eigenvalue weighted by molar-refractivity contribution is -0.123. The fraction of sp³-hybridized carbons (Fsp3) is 0.150. The summed E-state index contributed by atoms with van der Waals surface area (Å²) in [7, 11) is 0. The molecule has 2 aromatic rings. The van der Waals surface area contributed by atoms with Crippen LogP contribution in [-0.2, 0) is 9.59 Å². The van der Waals surface area contributed by atoms with Gasteiger partial charge < -0.3 is 0 Å². The minimum Gasteiger partial charge on any atom is -0.273 e. The normalized spacial score (nSPS) is 14.5. The predicted molar refractivity (Wildman–Crippen MR) is 101 cm³/mol. The second kappa shape index (κ2) is 7.74. The highest BCUT2D eigenvalue weighted by atomic mass is 16.2. The van der Waals surface area contributed by atoms with Crippen molar-refractivity contribution in [2.45, 2.75) is 19.8 Å². The van der Waals surface area contributed by atoms with Crippen LogP contribution in [0.5, 0.6) is 0 Å². The van der Waals surface area contributed by atoms with Crippen molar-refractivity contribution >= 4 is 35.3 Å². The molecule has 7 nitrogen and oxygen atoms in total. The molecule has 27 heavy (non-hydrogen) atoms. The molecule has 136 valence electrons. The Hall–Kier alpha value is -3.61. The van der Waals surface area contributed by atoms with Gasteiger partial charge in [0.1, 0.15) is 5.57 Å². The summed E-state index contributed by atoms with van der Waals surface area (Å²) in [4.78, 5) is 34.5. The molecule has 1 fully saturated rings. The quantitative estimate of drug-likeness (QED) is 0.489. The van der Waals surface area contributed by atoms with Crippen LogP contribution in [0.1, 0.15) is 30.9 Å². The zero-order valence-electron chi connectivity index (χ0n) is 14.9. The number of imide groups is 2. The summed E-state index contributed by atoms with van der Waals surface area (Å²) in [6.07, 6.45) is 1.41. The molecule has 0 aromatic heterocycles. The van der Waals surface area contributed by atoms with E-state index < -0.39 is 17.8 Å². The van der Waals surface area contributed by atoms with E-state index in [1.807, 2.05) is 34.9 Å². The summed E-state index contributed by atoms with van der Waals surface area (Å²) in [6, 6.07) is 13.9. The predicted octanol–water partition coefficient (Wildman–Crippen LogP) is 3.97. The van der Waals surface area contributed by atoms with Gasteiger partial charge in [-0.2, -0.15) is 10.2 Å². The highest BCUT2D eigenvalue weighted by molar-refractivity contribution is 6.31. The van der Waals surface area contributed by atoms with Crippen molar-refractivity contribution < 1.29 is 14.4 Å². The third-order valence-electron chi connectivity index (χ3n) is 3.99. The molecule has 0 bridgehead atoms. The Bertz CT molecular complexity index is 920. The van der Waals surface area contributed by atoms with Crippen molar-refractivity contribution in [1.29, 1.82) is 0 Å². The van der Waals surface area contributed by atoms with Gasteiger partial charge in [-0.25, -0.2) is 4.79 Å². The lowest BCUT2D eigenvalue weighted by atomic mass is 10.0. The van der Waals surface area contributed by atoms with Crippen molar-refractivity contribution in [1.82, 2.24) is 10.6 Å². The van der Waals surface area contributed by atoms with Gasteiger partial charge in [0.05, 0.1) is 11.4 Å². The van der Waals surface area contributed by atoms with Gasteiger partial charge in [0.2, 0.25) is 0 Å². The summed E-state index contributed by atoms with van der Waals surface area (Å²) in [5.74, 6) is -0.987. The van der Waals surface area contributed by atoms with Gasteiger partial charge in [0, 0.05) is 0 Å². The number of carbonyl (C=O) groups excluding carboxylic acids is 3. The molecule has 2 N–H and O–H groups in total. The molecule has 1 aliphatic rings. The number of azo groups is 1. The maximum absolute atomic E-state index is 11.7. The Kier molecular flexibility index (Phi) is 5.21. The van der Waals surface area contributed by atoms with Crippen molar-refractivity contribution in [3.05, 3.63) is 65.2 Å². The third-order valence-corrected chi connectivity index (χ3v) is 3.99. The number of hydrogen-bond acceptors (Lipinski definition) is 5. The van der Waals surface area contributed by atoms with E-state index in [0.29, 0.717) is 17.2 Å². The van der Waals surface area contributed by atoms with Crippen LogP contribution in [0.4, 0.5) is 16.2 Å². The minimum absolute atomic E-state index is 0.130. The average Bonchev–Trinajstić information content (AvgIpc) is 2.64. The number of nitrogens with zero attached hydrogens (tertiary/aromatic N) is 2. The summed E-state index contributed by atoms with van der Waals surface area (Å²) in [6.45, 7) is 4.26. The highest BCUT2D eigenvalue weighted by Gasteiger charge is 2.27. The van der Waals surface area contributed by atoms with Gasteiger partial charge in [-0.3, -0.25) is 20.2 Å². The van der Waals surface area contributed by atoms with Crippen LogP contribution < -0.4 is 10.6 Å². The monoisotopic (exact) mass is 362 g/mol. The van der Waals surface area contributed by atoms with E-state index in [1.165, 1.54) is 11.6 Å². The van der Waals surface area contributed by atoms with Crippen LogP contribution in [0.25, 0.3) is 6.08 Å². The Morgan fingerprint density at radius 3 is 1.74 bits per heavy atom. The maximum atomic E-state index is 11.7. The number of hydrogen-bond donors (Lipinski definition) is 2. The zero-order valence-corrected chi connectivity index (χ0v) is 14.9. The molecule has 0 radical (unpaired) electrons. The molecule has 1 aliphatic heterocycles. The van der Waals surface area contributed by atoms with Gasteiger partial charge in [-0.05, 0) is 47.4 Å². The molecule has 4 amide bonds. The van der Waals surface area contributed by atoms with Crippen LogP contribution in [0.2, 0.25) is 0 Å². The van der Waals surface area contributed by atoms with E-state index in [9.17, 15) is 14.4 Å². The first-order valence-electron chi connectivity index (χ1n) is 8.42. The number of nitrogens with one attached hydrogen (secondary N) is 2. The molecule has 0 unspecified atom stereocenters. The number of amides is 4. The summed E-state index contributed by atoms with van der Waals surface area (Å²) >= 11 is 0.